The summed E-state index contributed by atoms with van der Waals surface area (Å²) in [6.07, 6.45) is 17.8. The number of ketones is 2. The zero-order valence-electron chi connectivity index (χ0n) is 46.3. The highest BCUT2D eigenvalue weighted by Crippen LogP contribution is 2.63. The average molecular weight is 1170 g/mol. The zero-order valence-corrected chi connectivity index (χ0v) is 49.5. The van der Waals surface area contributed by atoms with Gasteiger partial charge in [0, 0.05) is 95.4 Å². The minimum Gasteiger partial charge on any atom is -0.294 e. The van der Waals surface area contributed by atoms with Crippen LogP contribution >= 0.6 is 45.3 Å². The highest BCUT2D eigenvalue weighted by Gasteiger charge is 2.64. The summed E-state index contributed by atoms with van der Waals surface area (Å²) in [5, 5.41) is 34.9. The topological polar surface area (TPSA) is 138 Å². The van der Waals surface area contributed by atoms with E-state index < -0.39 is 47.6 Å². The number of hydrogen-bond donors (Lipinski definition) is 0. The maximum atomic E-state index is 16.9. The van der Waals surface area contributed by atoms with Crippen LogP contribution in [0.4, 0.5) is 17.6 Å². The summed E-state index contributed by atoms with van der Waals surface area (Å²) < 4.78 is 65.8. The molecular weight excluding hydrogens is 1100 g/mol. The second-order valence-corrected chi connectivity index (χ2v) is 26.0. The van der Waals surface area contributed by atoms with Crippen molar-refractivity contribution >= 4 is 68.1 Å². The molecular formula is C65H64F4N6O2S4. The van der Waals surface area contributed by atoms with Crippen LogP contribution in [0.5, 0.6) is 0 Å². The second-order valence-electron chi connectivity index (χ2n) is 21.4. The third-order valence-electron chi connectivity index (χ3n) is 16.1. The van der Waals surface area contributed by atoms with E-state index in [0.29, 0.717) is 41.8 Å². The second kappa shape index (κ2) is 27.5. The van der Waals surface area contributed by atoms with Gasteiger partial charge in [-0.1, -0.05) is 105 Å². The Labute approximate surface area is 489 Å². The Morgan fingerprint density at radius 3 is 1.09 bits per heavy atom. The number of aryl methyl sites for hydroxylation is 4. The van der Waals surface area contributed by atoms with Crippen molar-refractivity contribution in [1.82, 2.24) is 0 Å². The number of benzene rings is 1. The maximum absolute atomic E-state index is 16.9. The Morgan fingerprint density at radius 1 is 0.481 bits per heavy atom. The molecule has 0 bridgehead atoms. The van der Waals surface area contributed by atoms with E-state index in [9.17, 15) is 20.1 Å². The first kappa shape index (κ1) is 60.6. The lowest BCUT2D eigenvalue weighted by atomic mass is 9.67. The number of thiophene rings is 4. The summed E-state index contributed by atoms with van der Waals surface area (Å²) in [5.74, 6) is -5.50. The molecule has 5 aliphatic carbocycles. The van der Waals surface area contributed by atoms with E-state index in [-0.39, 0.29) is 62.8 Å². The molecule has 81 heavy (non-hydrogen) atoms. The normalized spacial score (nSPS) is 20.2. The molecule has 6 unspecified atom stereocenters. The average Bonchev–Trinajstić information content (AvgIpc) is 4.47. The van der Waals surface area contributed by atoms with Gasteiger partial charge in [0.2, 0.25) is 0 Å². The third-order valence-corrected chi connectivity index (χ3v) is 21.1. The number of fused-ring (bicyclic) bond motifs is 12. The molecule has 6 atom stereocenters. The summed E-state index contributed by atoms with van der Waals surface area (Å²) in [6, 6.07) is 14.6. The molecule has 0 amide bonds. The summed E-state index contributed by atoms with van der Waals surface area (Å²) in [6.45, 7) is 23.9. The monoisotopic (exact) mass is 1160 g/mol. The number of unbranched alkanes of at least 4 members (excludes halogenated alkanes) is 12. The Balaban J connectivity index is 0.000000200. The van der Waals surface area contributed by atoms with Gasteiger partial charge >= 0.3 is 0 Å². The van der Waals surface area contributed by atoms with Crippen LogP contribution in [-0.2, 0) is 25.7 Å². The molecule has 0 spiro atoms. The molecule has 1 saturated carbocycles. The van der Waals surface area contributed by atoms with Crippen LogP contribution in [0.1, 0.15) is 221 Å². The smallest absolute Gasteiger partial charge is 0.270 e. The molecule has 0 aliphatic heterocycles. The fraction of sp³-hybridized carbons (Fsp3) is 0.477. The number of nitriles is 4. The molecule has 0 radical (unpaired) electrons. The van der Waals surface area contributed by atoms with Gasteiger partial charge in [0.15, 0.2) is 11.6 Å². The Bertz CT molecular complexity index is 3290. The number of hydrogen-bond acceptors (Lipinski definition) is 10. The lowest BCUT2D eigenvalue weighted by molar-refractivity contribution is 0.0241. The first-order chi connectivity index (χ1) is 39.3. The number of carbonyl (C=O) groups is 2. The van der Waals surface area contributed by atoms with Crippen LogP contribution < -0.4 is 0 Å². The number of allylic oxidation sites excluding steroid dienone is 2. The Morgan fingerprint density at radius 2 is 0.802 bits per heavy atom. The van der Waals surface area contributed by atoms with Gasteiger partial charge in [-0.3, -0.25) is 9.59 Å². The van der Waals surface area contributed by atoms with Crippen LogP contribution in [0, 0.1) is 81.9 Å². The Hall–Kier alpha value is -6.50. The van der Waals surface area contributed by atoms with Crippen molar-refractivity contribution in [3.05, 3.63) is 133 Å². The van der Waals surface area contributed by atoms with Crippen molar-refractivity contribution in [3.63, 3.8) is 0 Å². The molecule has 1 aromatic carbocycles. The molecule has 418 valence electrons. The van der Waals surface area contributed by atoms with Gasteiger partial charge in [0.1, 0.15) is 30.4 Å². The van der Waals surface area contributed by atoms with Gasteiger partial charge in [-0.2, -0.15) is 10.5 Å². The molecule has 4 heterocycles. The van der Waals surface area contributed by atoms with Crippen molar-refractivity contribution in [1.29, 1.82) is 21.0 Å². The fourth-order valence-corrected chi connectivity index (χ4v) is 17.6. The summed E-state index contributed by atoms with van der Waals surface area (Å²) in [4.78, 5) is 39.9. The molecule has 8 nitrogen and oxygen atoms in total. The minimum atomic E-state index is -1.50. The molecule has 4 aromatic heterocycles. The largest absolute Gasteiger partial charge is 0.294 e. The predicted octanol–water partition coefficient (Wildman–Crippen LogP) is 19.4. The molecule has 1 fully saturated rings. The van der Waals surface area contributed by atoms with Crippen LogP contribution in [0.15, 0.2) is 35.7 Å². The van der Waals surface area contributed by atoms with Crippen molar-refractivity contribution in [2.75, 3.05) is 0 Å². The summed E-state index contributed by atoms with van der Waals surface area (Å²) >= 11 is 5.68. The summed E-state index contributed by atoms with van der Waals surface area (Å²) in [7, 11) is 0. The quantitative estimate of drug-likeness (QED) is 0.0322. The number of nitrogens with zero attached hydrogens (tertiary/aromatic N) is 6. The van der Waals surface area contributed by atoms with Crippen molar-refractivity contribution in [2.24, 2.45) is 11.8 Å². The lowest BCUT2D eigenvalue weighted by Crippen LogP contribution is -2.46. The first-order valence-electron chi connectivity index (χ1n) is 28.6. The van der Waals surface area contributed by atoms with Gasteiger partial charge in [-0.05, 0) is 86.8 Å². The van der Waals surface area contributed by atoms with Gasteiger partial charge in [-0.25, -0.2) is 37.8 Å². The minimum absolute atomic E-state index is 0. The highest BCUT2D eigenvalue weighted by molar-refractivity contribution is 7.16. The van der Waals surface area contributed by atoms with Gasteiger partial charge in [0.25, 0.3) is 11.4 Å². The van der Waals surface area contributed by atoms with E-state index in [2.05, 4.69) is 37.4 Å². The highest BCUT2D eigenvalue weighted by atomic mass is 32.1. The SMILES string of the molecule is CCCCCCc1cc2c(s1)C1C(F)C3C(=O)c4cc(CCCCCC)sc4C3C(F)C1C2=O.N#CCC#N.[C-]#[N+]/C(C#N)=C1\c2cc(CCCCCC)sc2-c2c(F)c3c(c(F)c21)-c1sc(CCCCCC)cc1/C3=C(\C#N)[N+]#[C-]. The predicted molar refractivity (Wildman–Crippen MR) is 316 cm³/mol. The third kappa shape index (κ3) is 11.7. The van der Waals surface area contributed by atoms with Crippen molar-refractivity contribution < 1.29 is 27.2 Å². The molecule has 5 aromatic rings. The van der Waals surface area contributed by atoms with Gasteiger partial charge < -0.3 is 0 Å². The molecule has 16 heteroatoms. The molecule has 10 rings (SSSR count). The van der Waals surface area contributed by atoms with Crippen molar-refractivity contribution in [3.8, 4) is 45.2 Å². The fourth-order valence-electron chi connectivity index (χ4n) is 12.3. The number of alkyl halides is 2. The van der Waals surface area contributed by atoms with E-state index in [1.54, 1.807) is 12.1 Å². The first-order valence-corrected chi connectivity index (χ1v) is 31.8. The van der Waals surface area contributed by atoms with E-state index in [0.717, 1.165) is 135 Å². The number of halogens is 4. The standard InChI is InChI=1S/C34H28F2N4S2.C28H34F2O2S2.C3H2N2/c1-5-7-9-11-13-19-15-21-25(23(17-37)39-3)27-29(33(21)41-19)31(35)28-26(24(18-38)40-4)22-16-20(14-12-10-8-6-2)42-34(22)30(28)32(27)36;1-3-5-7-9-11-15-13-17-25(31)19-21(27(17)33-15)23(29)20-22(24(19)30)28-18(26(20)32)14-16(34-28)12-10-8-6-4-2;4-2-1-3-5/h15-16H,5-14H2,1-2H3;13-14,19-24H,3-12H2,1-2H3;1H2/b25-23-,26-24+;;. The molecule has 0 N–H and O–H groups in total. The van der Waals surface area contributed by atoms with E-state index in [4.69, 9.17) is 23.7 Å². The van der Waals surface area contributed by atoms with Crippen LogP contribution in [0.2, 0.25) is 0 Å². The Kier molecular flexibility index (Phi) is 20.6. The van der Waals surface area contributed by atoms with E-state index in [1.165, 1.54) is 58.2 Å². The van der Waals surface area contributed by atoms with Crippen LogP contribution in [0.25, 0.3) is 41.7 Å². The van der Waals surface area contributed by atoms with Crippen molar-refractivity contribution in [2.45, 2.75) is 187 Å². The van der Waals surface area contributed by atoms with Crippen LogP contribution in [-0.4, -0.2) is 23.9 Å². The number of Topliss-reactive ketones (excluding diaryl/α,β-unsaturated/α-hetero) is 2. The summed E-state index contributed by atoms with van der Waals surface area (Å²) in [5.41, 5.74) is 1.67. The van der Waals surface area contributed by atoms with Gasteiger partial charge in [-0.15, -0.1) is 45.3 Å². The van der Waals surface area contributed by atoms with E-state index >= 15 is 17.6 Å². The number of rotatable bonds is 20. The van der Waals surface area contributed by atoms with E-state index in [1.807, 2.05) is 36.4 Å². The maximum Gasteiger partial charge on any atom is 0.270 e. The molecule has 5 aliphatic rings. The van der Waals surface area contributed by atoms with Gasteiger partial charge in [0.05, 0.1) is 49.3 Å². The lowest BCUT2D eigenvalue weighted by Gasteiger charge is -2.39. The zero-order chi connectivity index (χ0) is 58.1. The number of carbonyl (C=O) groups excluding carboxylic acids is 2. The van der Waals surface area contributed by atoms with Crippen LogP contribution in [0.3, 0.4) is 0 Å². The molecule has 0 saturated heterocycles.